The third kappa shape index (κ3) is 4.49. The van der Waals surface area contributed by atoms with Gasteiger partial charge in [0.2, 0.25) is 5.91 Å². The van der Waals surface area contributed by atoms with Crippen LogP contribution in [0, 0.1) is 5.82 Å². The van der Waals surface area contributed by atoms with E-state index in [9.17, 15) is 14.0 Å². The minimum atomic E-state index is -0.367. The lowest BCUT2D eigenvalue weighted by molar-refractivity contribution is -0.118. The van der Waals surface area contributed by atoms with Crippen LogP contribution in [-0.4, -0.2) is 29.2 Å². The maximum absolute atomic E-state index is 12.7. The van der Waals surface area contributed by atoms with Crippen molar-refractivity contribution in [1.29, 1.82) is 0 Å². The van der Waals surface area contributed by atoms with Crippen LogP contribution in [0.5, 0.6) is 0 Å². The fourth-order valence-corrected chi connectivity index (χ4v) is 2.16. The summed E-state index contributed by atoms with van der Waals surface area (Å²) in [5, 5.41) is 2.35. The van der Waals surface area contributed by atoms with Crippen molar-refractivity contribution in [2.45, 2.75) is 19.1 Å². The van der Waals surface area contributed by atoms with Crippen LogP contribution in [0.25, 0.3) is 0 Å². The van der Waals surface area contributed by atoms with Gasteiger partial charge in [-0.3, -0.25) is 9.59 Å². The highest BCUT2D eigenvalue weighted by atomic mass is 32.2. The van der Waals surface area contributed by atoms with Gasteiger partial charge in [-0.2, -0.15) is 0 Å². The molecular formula is C13H16FNO2S. The predicted octanol–water partition coefficient (Wildman–Crippen LogP) is 2.27. The number of carbonyl (C=O) groups is 2. The van der Waals surface area contributed by atoms with E-state index in [0.717, 1.165) is 0 Å². The molecule has 0 aliphatic rings. The van der Waals surface area contributed by atoms with E-state index < -0.39 is 0 Å². The van der Waals surface area contributed by atoms with E-state index >= 15 is 0 Å². The van der Waals surface area contributed by atoms with Crippen molar-refractivity contribution >= 4 is 23.5 Å². The number of thioether (sulfide) groups is 1. The van der Waals surface area contributed by atoms with Crippen LogP contribution in [0.4, 0.5) is 4.39 Å². The number of amides is 1. The van der Waals surface area contributed by atoms with E-state index in [4.69, 9.17) is 0 Å². The fourth-order valence-electron chi connectivity index (χ4n) is 1.37. The average molecular weight is 269 g/mol. The van der Waals surface area contributed by atoms with Crippen molar-refractivity contribution < 1.29 is 14.0 Å². The van der Waals surface area contributed by atoms with Gasteiger partial charge >= 0.3 is 0 Å². The van der Waals surface area contributed by atoms with E-state index in [2.05, 4.69) is 5.32 Å². The number of hydrogen-bond donors (Lipinski definition) is 1. The number of halogens is 1. The highest BCUT2D eigenvalue weighted by molar-refractivity contribution is 8.01. The molecule has 0 fully saturated rings. The molecule has 5 heteroatoms. The smallest absolute Gasteiger partial charge is 0.230 e. The van der Waals surface area contributed by atoms with Crippen LogP contribution >= 0.6 is 11.8 Å². The molecular weight excluding hydrogens is 253 g/mol. The van der Waals surface area contributed by atoms with E-state index in [1.54, 1.807) is 6.92 Å². The molecule has 1 amide bonds. The summed E-state index contributed by atoms with van der Waals surface area (Å²) in [6.07, 6.45) is 0. The molecule has 1 atom stereocenters. The van der Waals surface area contributed by atoms with E-state index in [0.29, 0.717) is 12.1 Å². The van der Waals surface area contributed by atoms with Crippen molar-refractivity contribution in [3.05, 3.63) is 35.6 Å². The lowest BCUT2D eigenvalue weighted by Gasteiger charge is -2.10. The lowest BCUT2D eigenvalue weighted by atomic mass is 10.1. The fraction of sp³-hybridized carbons (Fsp3) is 0.385. The van der Waals surface area contributed by atoms with Gasteiger partial charge in [0.15, 0.2) is 5.78 Å². The second-order valence-electron chi connectivity index (χ2n) is 3.78. The summed E-state index contributed by atoms with van der Waals surface area (Å²) in [6, 6.07) is 5.44. The first-order valence-corrected chi connectivity index (χ1v) is 6.77. The topological polar surface area (TPSA) is 46.2 Å². The number of ketones is 1. The zero-order chi connectivity index (χ0) is 13.5. The summed E-state index contributed by atoms with van der Waals surface area (Å²) in [5.74, 6) is -0.290. The van der Waals surface area contributed by atoms with Gasteiger partial charge in [0.05, 0.1) is 11.0 Å². The van der Waals surface area contributed by atoms with E-state index in [-0.39, 0.29) is 28.5 Å². The summed E-state index contributed by atoms with van der Waals surface area (Å²) < 4.78 is 12.7. The number of hydrogen-bond acceptors (Lipinski definition) is 3. The van der Waals surface area contributed by atoms with Gasteiger partial charge in [-0.25, -0.2) is 4.39 Å². The SMILES string of the molecule is CCNC(=O)CSC(C)C(=O)c1ccc(F)cc1. The van der Waals surface area contributed by atoms with Crippen LogP contribution in [0.3, 0.4) is 0 Å². The van der Waals surface area contributed by atoms with Crippen LogP contribution < -0.4 is 5.32 Å². The molecule has 0 spiro atoms. The molecule has 3 nitrogen and oxygen atoms in total. The monoisotopic (exact) mass is 269 g/mol. The van der Waals surface area contributed by atoms with E-state index in [1.807, 2.05) is 6.92 Å². The zero-order valence-electron chi connectivity index (χ0n) is 10.4. The summed E-state index contributed by atoms with van der Waals surface area (Å²) >= 11 is 1.28. The number of Topliss-reactive ketones (excluding diaryl/α,β-unsaturated/α-hetero) is 1. The molecule has 0 aliphatic carbocycles. The second-order valence-corrected chi connectivity index (χ2v) is 5.11. The van der Waals surface area contributed by atoms with Gasteiger partial charge in [0.25, 0.3) is 0 Å². The Balaban J connectivity index is 2.51. The first-order valence-electron chi connectivity index (χ1n) is 5.72. The third-order valence-electron chi connectivity index (χ3n) is 2.34. The van der Waals surface area contributed by atoms with Gasteiger partial charge < -0.3 is 5.32 Å². The van der Waals surface area contributed by atoms with Gasteiger partial charge in [-0.05, 0) is 38.1 Å². The molecule has 1 rings (SSSR count). The molecule has 0 bridgehead atoms. The molecule has 1 aromatic carbocycles. The van der Waals surface area contributed by atoms with Gasteiger partial charge in [0, 0.05) is 12.1 Å². The largest absolute Gasteiger partial charge is 0.356 e. The van der Waals surface area contributed by atoms with Gasteiger partial charge in [0.1, 0.15) is 5.82 Å². The Morgan fingerprint density at radius 3 is 2.50 bits per heavy atom. The predicted molar refractivity (Wildman–Crippen MR) is 71.3 cm³/mol. The first kappa shape index (κ1) is 14.7. The molecule has 0 heterocycles. The summed E-state index contributed by atoms with van der Waals surface area (Å²) in [4.78, 5) is 23.2. The lowest BCUT2D eigenvalue weighted by Crippen LogP contribution is -2.26. The average Bonchev–Trinajstić information content (AvgIpc) is 2.36. The van der Waals surface area contributed by atoms with Crippen molar-refractivity contribution in [1.82, 2.24) is 5.32 Å². The van der Waals surface area contributed by atoms with Crippen LogP contribution in [-0.2, 0) is 4.79 Å². The van der Waals surface area contributed by atoms with Crippen molar-refractivity contribution in [2.24, 2.45) is 0 Å². The van der Waals surface area contributed by atoms with E-state index in [1.165, 1.54) is 36.0 Å². The number of benzene rings is 1. The molecule has 1 unspecified atom stereocenters. The molecule has 18 heavy (non-hydrogen) atoms. The van der Waals surface area contributed by atoms with Gasteiger partial charge in [-0.1, -0.05) is 0 Å². The first-order chi connectivity index (χ1) is 8.54. The van der Waals surface area contributed by atoms with Crippen molar-refractivity contribution in [3.63, 3.8) is 0 Å². The van der Waals surface area contributed by atoms with Gasteiger partial charge in [-0.15, -0.1) is 11.8 Å². The molecule has 0 saturated carbocycles. The Morgan fingerprint density at radius 1 is 1.33 bits per heavy atom. The number of rotatable bonds is 6. The van der Waals surface area contributed by atoms with Crippen LogP contribution in [0.15, 0.2) is 24.3 Å². The molecule has 98 valence electrons. The molecule has 0 aliphatic heterocycles. The quantitative estimate of drug-likeness (QED) is 0.806. The zero-order valence-corrected chi connectivity index (χ0v) is 11.2. The maximum atomic E-state index is 12.7. The van der Waals surface area contributed by atoms with Crippen molar-refractivity contribution in [2.75, 3.05) is 12.3 Å². The minimum absolute atomic E-state index is 0.0822. The maximum Gasteiger partial charge on any atom is 0.230 e. The molecule has 0 radical (unpaired) electrons. The number of carbonyl (C=O) groups excluding carboxylic acids is 2. The molecule has 1 aromatic rings. The summed E-state index contributed by atoms with van der Waals surface area (Å²) in [7, 11) is 0. The standard InChI is InChI=1S/C13H16FNO2S/c1-3-15-12(16)8-18-9(2)13(17)10-4-6-11(14)7-5-10/h4-7,9H,3,8H2,1-2H3,(H,15,16). The van der Waals surface area contributed by atoms with Crippen LogP contribution in [0.1, 0.15) is 24.2 Å². The molecule has 0 aromatic heterocycles. The summed E-state index contributed by atoms with van der Waals surface area (Å²) in [6.45, 7) is 4.17. The molecule has 1 N–H and O–H groups in total. The minimum Gasteiger partial charge on any atom is -0.356 e. The Hall–Kier alpha value is -1.36. The Morgan fingerprint density at radius 2 is 1.94 bits per heavy atom. The molecule has 0 saturated heterocycles. The Labute approximate surface area is 110 Å². The van der Waals surface area contributed by atoms with Crippen molar-refractivity contribution in [3.8, 4) is 0 Å². The Bertz CT molecular complexity index is 420. The van der Waals surface area contributed by atoms with Crippen LogP contribution in [0.2, 0.25) is 0 Å². The Kier molecular flexibility index (Phi) is 5.85. The third-order valence-corrected chi connectivity index (χ3v) is 3.48. The highest BCUT2D eigenvalue weighted by Crippen LogP contribution is 2.16. The normalized spacial score (nSPS) is 11.9. The number of nitrogens with one attached hydrogen (secondary N) is 1. The highest BCUT2D eigenvalue weighted by Gasteiger charge is 2.16. The second kappa shape index (κ2) is 7.16. The summed E-state index contributed by atoms with van der Waals surface area (Å²) in [5.41, 5.74) is 0.465.